The third-order valence-electron chi connectivity index (χ3n) is 6.03. The molecule has 0 fully saturated rings. The zero-order valence-corrected chi connectivity index (χ0v) is 17.9. The van der Waals surface area contributed by atoms with Crippen LogP contribution in [-0.2, 0) is 0 Å². The summed E-state index contributed by atoms with van der Waals surface area (Å²) in [5.74, 6) is 0. The molecule has 148 valence electrons. The number of aryl methyl sites for hydroxylation is 2. The second kappa shape index (κ2) is 6.70. The Balaban J connectivity index is 2.00. The Bertz CT molecular complexity index is 1220. The zero-order valence-electron chi connectivity index (χ0n) is 17.0. The number of rotatable bonds is 4. The standard InChI is InChI=1S/C26H23N2OP/c1-19-8-13-23(14-9-19)30(29,22-6-4-3-5-7-22,24-15-10-20(2)11-16-24)26-17-12-21-18-25(26)28-27-21/h3-18,29H,1-2H3. The average molecular weight is 410 g/mol. The molecule has 5 rings (SSSR count). The van der Waals surface area contributed by atoms with Crippen molar-refractivity contribution < 1.29 is 4.89 Å². The van der Waals surface area contributed by atoms with Gasteiger partial charge in [0.15, 0.2) is 0 Å². The van der Waals surface area contributed by atoms with E-state index in [-0.39, 0.29) is 0 Å². The third-order valence-corrected chi connectivity index (χ3v) is 11.3. The van der Waals surface area contributed by atoms with Crippen LogP contribution in [0.3, 0.4) is 0 Å². The molecular formula is C26H23N2OP. The first-order valence-electron chi connectivity index (χ1n) is 10.0. The third kappa shape index (κ3) is 2.53. The van der Waals surface area contributed by atoms with Crippen LogP contribution in [0.5, 0.6) is 0 Å². The van der Waals surface area contributed by atoms with Crippen molar-refractivity contribution in [1.82, 2.24) is 0 Å². The summed E-state index contributed by atoms with van der Waals surface area (Å²) in [4.78, 5) is 13.4. The van der Waals surface area contributed by atoms with Gasteiger partial charge < -0.3 is 0 Å². The molecule has 4 aromatic carbocycles. The molecule has 1 N–H and O–H groups in total. The predicted molar refractivity (Wildman–Crippen MR) is 127 cm³/mol. The Morgan fingerprint density at radius 1 is 0.600 bits per heavy atom. The Hall–Kier alpha value is -3.13. The Kier molecular flexibility index (Phi) is 4.21. The molecule has 0 unspecified atom stereocenters. The van der Waals surface area contributed by atoms with Crippen LogP contribution in [0.4, 0.5) is 11.4 Å². The molecule has 0 saturated carbocycles. The van der Waals surface area contributed by atoms with Crippen LogP contribution in [0.15, 0.2) is 107 Å². The van der Waals surface area contributed by atoms with Crippen molar-refractivity contribution in [2.45, 2.75) is 13.8 Å². The number of benzene rings is 4. The minimum absolute atomic E-state index is 0.734. The van der Waals surface area contributed by atoms with Gasteiger partial charge in [0.1, 0.15) is 0 Å². The summed E-state index contributed by atoms with van der Waals surface area (Å²) >= 11 is 0. The number of hydrogen-bond donors (Lipinski definition) is 1. The van der Waals surface area contributed by atoms with Crippen molar-refractivity contribution in [2.75, 3.05) is 0 Å². The number of nitrogens with zero attached hydrogens (tertiary/aromatic N) is 2. The summed E-state index contributed by atoms with van der Waals surface area (Å²) in [6.07, 6.45) is 0. The van der Waals surface area contributed by atoms with Crippen LogP contribution in [0, 0.1) is 13.8 Å². The first kappa shape index (κ1) is 18.9. The fourth-order valence-electron chi connectivity index (χ4n) is 4.39. The van der Waals surface area contributed by atoms with E-state index in [1.807, 2.05) is 48.5 Å². The molecule has 4 aromatic rings. The van der Waals surface area contributed by atoms with E-state index in [0.717, 1.165) is 43.7 Å². The van der Waals surface area contributed by atoms with Crippen LogP contribution in [0.2, 0.25) is 0 Å². The molecule has 0 aliphatic carbocycles. The van der Waals surface area contributed by atoms with E-state index < -0.39 is 6.83 Å². The number of hydrogen-bond acceptors (Lipinski definition) is 3. The van der Waals surface area contributed by atoms with Crippen molar-refractivity contribution in [3.8, 4) is 0 Å². The Labute approximate surface area is 176 Å². The summed E-state index contributed by atoms with van der Waals surface area (Å²) in [7, 11) is 0. The van der Waals surface area contributed by atoms with Crippen molar-refractivity contribution in [3.05, 3.63) is 108 Å². The molecule has 3 nitrogen and oxygen atoms in total. The second-order valence-electron chi connectivity index (χ2n) is 7.95. The van der Waals surface area contributed by atoms with E-state index in [1.165, 1.54) is 0 Å². The minimum atomic E-state index is -4.06. The summed E-state index contributed by atoms with van der Waals surface area (Å²) in [5, 5.41) is 12.2. The van der Waals surface area contributed by atoms with Gasteiger partial charge in [-0.1, -0.05) is 0 Å². The first-order valence-corrected chi connectivity index (χ1v) is 12.2. The van der Waals surface area contributed by atoms with Gasteiger partial charge in [-0.05, 0) is 0 Å². The number of azo groups is 1. The van der Waals surface area contributed by atoms with Crippen molar-refractivity contribution in [2.24, 2.45) is 10.2 Å². The summed E-state index contributed by atoms with van der Waals surface area (Å²) in [5.41, 5.74) is 3.86. The fourth-order valence-corrected chi connectivity index (χ4v) is 9.25. The molecule has 0 saturated heterocycles. The van der Waals surface area contributed by atoms with Gasteiger partial charge in [-0.15, -0.1) is 0 Å². The summed E-state index contributed by atoms with van der Waals surface area (Å²) in [6, 6.07) is 32.5. The van der Waals surface area contributed by atoms with E-state index in [1.54, 1.807) is 0 Å². The maximum atomic E-state index is 13.4. The second-order valence-corrected chi connectivity index (χ2v) is 12.1. The Morgan fingerprint density at radius 2 is 1.13 bits per heavy atom. The normalized spacial score (nSPS) is 13.8. The van der Waals surface area contributed by atoms with Crippen molar-refractivity contribution in [3.63, 3.8) is 0 Å². The summed E-state index contributed by atoms with van der Waals surface area (Å²) < 4.78 is 0. The molecule has 0 spiro atoms. The molecule has 1 aliphatic rings. The van der Waals surface area contributed by atoms with Crippen LogP contribution in [0.25, 0.3) is 0 Å². The van der Waals surface area contributed by atoms with Crippen LogP contribution >= 0.6 is 6.83 Å². The number of fused-ring (bicyclic) bond motifs is 2. The predicted octanol–water partition coefficient (Wildman–Crippen LogP) is 5.09. The van der Waals surface area contributed by atoms with E-state index >= 15 is 0 Å². The van der Waals surface area contributed by atoms with Gasteiger partial charge in [0, 0.05) is 0 Å². The Morgan fingerprint density at radius 3 is 1.70 bits per heavy atom. The maximum absolute atomic E-state index is 13.4. The van der Waals surface area contributed by atoms with Crippen LogP contribution in [-0.4, -0.2) is 4.89 Å². The van der Waals surface area contributed by atoms with Gasteiger partial charge in [0.2, 0.25) is 0 Å². The molecule has 30 heavy (non-hydrogen) atoms. The zero-order chi connectivity index (χ0) is 20.8. The topological polar surface area (TPSA) is 45.0 Å². The van der Waals surface area contributed by atoms with Crippen LogP contribution < -0.4 is 21.2 Å². The monoisotopic (exact) mass is 410 g/mol. The van der Waals surface area contributed by atoms with Crippen molar-refractivity contribution >= 4 is 39.4 Å². The average Bonchev–Trinajstić information content (AvgIpc) is 3.15. The molecule has 0 amide bonds. The summed E-state index contributed by atoms with van der Waals surface area (Å²) in [6.45, 7) is 0.0693. The molecule has 4 heteroatoms. The molecular weight excluding hydrogens is 387 g/mol. The van der Waals surface area contributed by atoms with Gasteiger partial charge >= 0.3 is 177 Å². The fraction of sp³-hybridized carbons (Fsp3) is 0.0769. The van der Waals surface area contributed by atoms with Gasteiger partial charge in [-0.3, -0.25) is 0 Å². The van der Waals surface area contributed by atoms with E-state index in [9.17, 15) is 4.89 Å². The molecule has 2 bridgehead atoms. The van der Waals surface area contributed by atoms with Gasteiger partial charge in [-0.25, -0.2) is 0 Å². The van der Waals surface area contributed by atoms with E-state index in [2.05, 4.69) is 72.6 Å². The molecule has 0 radical (unpaired) electrons. The van der Waals surface area contributed by atoms with Gasteiger partial charge in [0.25, 0.3) is 0 Å². The quantitative estimate of drug-likeness (QED) is 0.412. The van der Waals surface area contributed by atoms with Gasteiger partial charge in [-0.2, -0.15) is 0 Å². The van der Waals surface area contributed by atoms with Gasteiger partial charge in [0.05, 0.1) is 0 Å². The van der Waals surface area contributed by atoms with Crippen LogP contribution in [0.1, 0.15) is 11.1 Å². The van der Waals surface area contributed by atoms with E-state index in [4.69, 9.17) is 0 Å². The van der Waals surface area contributed by atoms with E-state index in [0.29, 0.717) is 0 Å². The molecule has 1 heterocycles. The van der Waals surface area contributed by atoms with Crippen molar-refractivity contribution in [1.29, 1.82) is 0 Å². The SMILES string of the molecule is Cc1ccc(P(O)(c2ccccc2)(c2ccc(C)cc2)c2ccc3cc2N=N3)cc1. The molecule has 0 atom stereocenters. The first-order chi connectivity index (χ1) is 14.5. The molecule has 0 aromatic heterocycles. The molecule has 1 aliphatic heterocycles.